The molecular weight excluding hydrogens is 660 g/mol. The van der Waals surface area contributed by atoms with Gasteiger partial charge in [-0.1, -0.05) is 41.4 Å². The largest absolute Gasteiger partial charge is 0.487 e. The number of hydrogen-bond donors (Lipinski definition) is 1. The van der Waals surface area contributed by atoms with Crippen LogP contribution in [-0.4, -0.2) is 10.8 Å². The molecule has 0 spiro atoms. The lowest BCUT2D eigenvalue weighted by Crippen LogP contribution is -2.13. The Bertz CT molecular complexity index is 1340. The van der Waals surface area contributed by atoms with Gasteiger partial charge in [-0.05, 0) is 80.0 Å². The molecule has 0 fully saturated rings. The second kappa shape index (κ2) is 11.7. The Labute approximate surface area is 226 Å². The van der Waals surface area contributed by atoms with Gasteiger partial charge in [0.2, 0.25) is 0 Å². The lowest BCUT2D eigenvalue weighted by Gasteiger charge is -2.12. The Morgan fingerprint density at radius 3 is 2.65 bits per heavy atom. The maximum absolute atomic E-state index is 12.6. The Balaban J connectivity index is 1.79. The standard InChI is InChI=1S/C23H13BrCl2IN3O4/c24-17-9-14(7-15(11-28)23(31)29-20-6-2-5-18(25)21(20)26)10-19(27)22(17)34-12-13-3-1-4-16(8-13)30(32)33/h1-10H,12H2,(H,29,31)/b15-7-. The lowest BCUT2D eigenvalue weighted by atomic mass is 10.1. The minimum atomic E-state index is -0.635. The molecule has 0 aliphatic heterocycles. The molecule has 0 saturated heterocycles. The number of anilines is 1. The van der Waals surface area contributed by atoms with Crippen LogP contribution in [0.4, 0.5) is 11.4 Å². The van der Waals surface area contributed by atoms with E-state index in [-0.39, 0.29) is 27.9 Å². The van der Waals surface area contributed by atoms with E-state index >= 15 is 0 Å². The molecule has 3 aromatic rings. The van der Waals surface area contributed by atoms with Gasteiger partial charge in [-0.2, -0.15) is 5.26 Å². The van der Waals surface area contributed by atoms with Crippen molar-refractivity contribution in [2.24, 2.45) is 0 Å². The van der Waals surface area contributed by atoms with Gasteiger partial charge in [0.15, 0.2) is 0 Å². The first-order valence-corrected chi connectivity index (χ1v) is 12.0. The van der Waals surface area contributed by atoms with Crippen LogP contribution in [0.5, 0.6) is 5.75 Å². The summed E-state index contributed by atoms with van der Waals surface area (Å²) in [5.74, 6) is -0.110. The number of benzene rings is 3. The Kier molecular flexibility index (Phi) is 8.90. The van der Waals surface area contributed by atoms with E-state index in [2.05, 4.69) is 43.8 Å². The Morgan fingerprint density at radius 1 is 1.24 bits per heavy atom. The molecule has 1 N–H and O–H groups in total. The minimum Gasteiger partial charge on any atom is -0.487 e. The number of carbonyl (C=O) groups is 1. The highest BCUT2D eigenvalue weighted by atomic mass is 127. The molecule has 0 aliphatic carbocycles. The maximum atomic E-state index is 12.6. The van der Waals surface area contributed by atoms with E-state index in [0.29, 0.717) is 30.6 Å². The SMILES string of the molecule is N#C/C(=C/c1cc(Br)c(OCc2cccc([N+](=O)[O-])c2)c(I)c1)C(=O)Nc1cccc(Cl)c1Cl. The van der Waals surface area contributed by atoms with Crippen LogP contribution in [0.2, 0.25) is 10.0 Å². The molecule has 0 aromatic heterocycles. The fraction of sp³-hybridized carbons (Fsp3) is 0.0435. The normalized spacial score (nSPS) is 11.0. The van der Waals surface area contributed by atoms with Gasteiger partial charge in [-0.15, -0.1) is 0 Å². The van der Waals surface area contributed by atoms with E-state index in [4.69, 9.17) is 27.9 Å². The number of hydrogen-bond acceptors (Lipinski definition) is 5. The van der Waals surface area contributed by atoms with Crippen LogP contribution in [0, 0.1) is 25.0 Å². The van der Waals surface area contributed by atoms with Crippen molar-refractivity contribution in [3.8, 4) is 11.8 Å². The van der Waals surface area contributed by atoms with E-state index < -0.39 is 10.8 Å². The van der Waals surface area contributed by atoms with Crippen molar-refractivity contribution in [3.05, 3.63) is 99.5 Å². The Morgan fingerprint density at radius 2 is 1.97 bits per heavy atom. The zero-order valence-electron chi connectivity index (χ0n) is 17.0. The summed E-state index contributed by atoms with van der Waals surface area (Å²) in [6.45, 7) is 0.123. The number of carbonyl (C=O) groups excluding carboxylic acids is 1. The van der Waals surface area contributed by atoms with Crippen LogP contribution in [0.15, 0.2) is 64.6 Å². The average molecular weight is 673 g/mol. The van der Waals surface area contributed by atoms with Crippen molar-refractivity contribution >= 4 is 85.1 Å². The van der Waals surface area contributed by atoms with Gasteiger partial charge in [-0.3, -0.25) is 14.9 Å². The summed E-state index contributed by atoms with van der Waals surface area (Å²) >= 11 is 17.6. The second-order valence-corrected chi connectivity index (χ2v) is 9.56. The van der Waals surface area contributed by atoms with Crippen LogP contribution in [-0.2, 0) is 11.4 Å². The molecular formula is C23H13BrCl2IN3O4. The van der Waals surface area contributed by atoms with Gasteiger partial charge in [0.05, 0.1) is 28.7 Å². The third kappa shape index (κ3) is 6.48. The number of rotatable bonds is 7. The van der Waals surface area contributed by atoms with Crippen molar-refractivity contribution in [2.45, 2.75) is 6.61 Å². The quantitative estimate of drug-likeness (QED) is 0.0927. The highest BCUT2D eigenvalue weighted by molar-refractivity contribution is 14.1. The monoisotopic (exact) mass is 671 g/mol. The highest BCUT2D eigenvalue weighted by Gasteiger charge is 2.15. The van der Waals surface area contributed by atoms with Crippen LogP contribution in [0.25, 0.3) is 6.08 Å². The van der Waals surface area contributed by atoms with Gasteiger partial charge in [0.25, 0.3) is 11.6 Å². The van der Waals surface area contributed by atoms with Crippen molar-refractivity contribution in [2.75, 3.05) is 5.32 Å². The molecule has 11 heteroatoms. The predicted molar refractivity (Wildman–Crippen MR) is 143 cm³/mol. The van der Waals surface area contributed by atoms with E-state index in [0.717, 1.165) is 0 Å². The summed E-state index contributed by atoms with van der Waals surface area (Å²) in [7, 11) is 0. The number of non-ortho nitro benzene ring substituents is 1. The number of nitro groups is 1. The molecule has 3 aromatic carbocycles. The molecule has 0 aliphatic rings. The first kappa shape index (κ1) is 26.0. The molecule has 172 valence electrons. The number of halogens is 4. The van der Waals surface area contributed by atoms with Gasteiger partial charge in [0, 0.05) is 12.1 Å². The molecule has 0 heterocycles. The molecule has 1 amide bonds. The molecule has 34 heavy (non-hydrogen) atoms. The fourth-order valence-electron chi connectivity index (χ4n) is 2.82. The van der Waals surface area contributed by atoms with Crippen molar-refractivity contribution in [1.29, 1.82) is 5.26 Å². The second-order valence-electron chi connectivity index (χ2n) is 6.75. The smallest absolute Gasteiger partial charge is 0.269 e. The third-order valence-corrected chi connectivity index (χ3v) is 6.61. The predicted octanol–water partition coefficient (Wildman–Crippen LogP) is 7.39. The summed E-state index contributed by atoms with van der Waals surface area (Å²) in [6, 6.07) is 16.3. The maximum Gasteiger partial charge on any atom is 0.269 e. The van der Waals surface area contributed by atoms with Crippen LogP contribution in [0.3, 0.4) is 0 Å². The highest BCUT2D eigenvalue weighted by Crippen LogP contribution is 2.34. The number of nitriles is 1. The van der Waals surface area contributed by atoms with Gasteiger partial charge in [-0.25, -0.2) is 0 Å². The van der Waals surface area contributed by atoms with Crippen LogP contribution < -0.4 is 10.1 Å². The Hall–Kier alpha value is -2.65. The molecule has 0 radical (unpaired) electrons. The van der Waals surface area contributed by atoms with Crippen molar-refractivity contribution in [1.82, 2.24) is 0 Å². The van der Waals surface area contributed by atoms with Crippen LogP contribution >= 0.6 is 61.7 Å². The zero-order valence-corrected chi connectivity index (χ0v) is 22.3. The molecule has 0 bridgehead atoms. The number of ether oxygens (including phenoxy) is 1. The molecule has 0 atom stereocenters. The molecule has 7 nitrogen and oxygen atoms in total. The van der Waals surface area contributed by atoms with Crippen LogP contribution in [0.1, 0.15) is 11.1 Å². The summed E-state index contributed by atoms with van der Waals surface area (Å²) in [6.07, 6.45) is 1.44. The van der Waals surface area contributed by atoms with E-state index in [9.17, 15) is 20.2 Å². The molecule has 0 unspecified atom stereocenters. The summed E-state index contributed by atoms with van der Waals surface area (Å²) in [4.78, 5) is 23.1. The van der Waals surface area contributed by atoms with Gasteiger partial charge < -0.3 is 10.1 Å². The van der Waals surface area contributed by atoms with E-state index in [1.54, 1.807) is 42.5 Å². The first-order chi connectivity index (χ1) is 16.2. The molecule has 0 saturated carbocycles. The average Bonchev–Trinajstić information content (AvgIpc) is 2.80. The number of nitrogens with one attached hydrogen (secondary N) is 1. The first-order valence-electron chi connectivity index (χ1n) is 9.42. The third-order valence-electron chi connectivity index (χ3n) is 4.40. The summed E-state index contributed by atoms with van der Waals surface area (Å²) < 4.78 is 7.15. The fourth-order valence-corrected chi connectivity index (χ4v) is 4.94. The van der Waals surface area contributed by atoms with Crippen molar-refractivity contribution < 1.29 is 14.5 Å². The van der Waals surface area contributed by atoms with Crippen molar-refractivity contribution in [3.63, 3.8) is 0 Å². The lowest BCUT2D eigenvalue weighted by molar-refractivity contribution is -0.384. The molecule has 3 rings (SSSR count). The summed E-state index contributed by atoms with van der Waals surface area (Å²) in [5, 5.41) is 23.5. The minimum absolute atomic E-state index is 0.0169. The number of nitro benzene ring substituents is 1. The number of amides is 1. The van der Waals surface area contributed by atoms with Gasteiger partial charge in [0.1, 0.15) is 24.0 Å². The van der Waals surface area contributed by atoms with Gasteiger partial charge >= 0.3 is 0 Å². The zero-order chi connectivity index (χ0) is 24.8. The topological polar surface area (TPSA) is 105 Å². The number of nitrogens with zero attached hydrogens (tertiary/aromatic N) is 2. The van der Waals surface area contributed by atoms with E-state index in [1.807, 2.05) is 6.07 Å². The summed E-state index contributed by atoms with van der Waals surface area (Å²) in [5.41, 5.74) is 1.37. The van der Waals surface area contributed by atoms with E-state index in [1.165, 1.54) is 18.2 Å².